The highest BCUT2D eigenvalue weighted by Gasteiger charge is 2.01. The highest BCUT2D eigenvalue weighted by molar-refractivity contribution is 9.09. The lowest BCUT2D eigenvalue weighted by Crippen LogP contribution is -2.12. The largest absolute Gasteiger partial charge is 0.325 e. The van der Waals surface area contributed by atoms with Crippen LogP contribution in [0.5, 0.6) is 0 Å². The predicted molar refractivity (Wildman–Crippen MR) is 63.8 cm³/mol. The van der Waals surface area contributed by atoms with Crippen LogP contribution in [-0.4, -0.2) is 26.2 Å². The minimum absolute atomic E-state index is 0.0787. The number of nitrogens with zero attached hydrogens (tertiary/aromatic N) is 3. The van der Waals surface area contributed by atoms with Crippen molar-refractivity contribution < 1.29 is 4.79 Å². The number of alkyl halides is 1. The summed E-state index contributed by atoms with van der Waals surface area (Å²) >= 11 is 3.08. The minimum atomic E-state index is -0.0787. The minimum Gasteiger partial charge on any atom is -0.325 e. The maximum atomic E-state index is 11.1. The second-order valence-electron chi connectivity index (χ2n) is 3.05. The summed E-state index contributed by atoms with van der Waals surface area (Å²) in [6.45, 7) is 0. The predicted octanol–water partition coefficient (Wildman–Crippen LogP) is 1.60. The van der Waals surface area contributed by atoms with Gasteiger partial charge in [0, 0.05) is 5.69 Å². The number of halogens is 1. The number of carbonyl (C=O) groups excluding carboxylic acids is 1. The van der Waals surface area contributed by atoms with Crippen molar-refractivity contribution in [1.29, 1.82) is 0 Å². The van der Waals surface area contributed by atoms with E-state index in [0.717, 1.165) is 11.4 Å². The molecule has 16 heavy (non-hydrogen) atoms. The molecule has 1 amide bonds. The van der Waals surface area contributed by atoms with Crippen LogP contribution in [0.15, 0.2) is 36.7 Å². The quantitative estimate of drug-likeness (QED) is 0.869. The average Bonchev–Trinajstić information content (AvgIpc) is 2.83. The van der Waals surface area contributed by atoms with Gasteiger partial charge in [-0.15, -0.1) is 0 Å². The molecule has 0 unspecified atom stereocenters. The fraction of sp³-hybridized carbons (Fsp3) is 0.100. The van der Waals surface area contributed by atoms with Gasteiger partial charge in [-0.3, -0.25) is 4.79 Å². The van der Waals surface area contributed by atoms with E-state index in [2.05, 4.69) is 31.4 Å². The Bertz CT molecular complexity index is 466. The van der Waals surface area contributed by atoms with Gasteiger partial charge in [-0.2, -0.15) is 15.0 Å². The number of hydrogen-bond acceptors (Lipinski definition) is 3. The molecule has 0 atom stereocenters. The summed E-state index contributed by atoms with van der Waals surface area (Å²) in [5.41, 5.74) is 1.60. The fourth-order valence-electron chi connectivity index (χ4n) is 1.22. The van der Waals surface area contributed by atoms with Crippen LogP contribution in [0.4, 0.5) is 5.69 Å². The molecule has 1 heterocycles. The first-order chi connectivity index (χ1) is 7.79. The molecule has 0 saturated heterocycles. The van der Waals surface area contributed by atoms with Crippen molar-refractivity contribution in [3.63, 3.8) is 0 Å². The van der Waals surface area contributed by atoms with Crippen LogP contribution in [0.1, 0.15) is 0 Å². The van der Waals surface area contributed by atoms with Gasteiger partial charge < -0.3 is 5.32 Å². The van der Waals surface area contributed by atoms with Crippen LogP contribution in [0, 0.1) is 0 Å². The SMILES string of the molecule is O=C(CBr)Nc1ccc(-n2nccn2)cc1. The summed E-state index contributed by atoms with van der Waals surface area (Å²) in [4.78, 5) is 12.6. The van der Waals surface area contributed by atoms with E-state index in [1.807, 2.05) is 12.1 Å². The summed E-state index contributed by atoms with van der Waals surface area (Å²) in [5, 5.41) is 11.0. The van der Waals surface area contributed by atoms with Crippen molar-refractivity contribution in [2.45, 2.75) is 0 Å². The summed E-state index contributed by atoms with van der Waals surface area (Å²) in [6, 6.07) is 7.28. The van der Waals surface area contributed by atoms with E-state index >= 15 is 0 Å². The Kier molecular flexibility index (Phi) is 3.31. The average molecular weight is 281 g/mol. The van der Waals surface area contributed by atoms with Gasteiger partial charge in [-0.05, 0) is 24.3 Å². The molecule has 2 rings (SSSR count). The van der Waals surface area contributed by atoms with Crippen molar-refractivity contribution in [1.82, 2.24) is 15.0 Å². The molecule has 2 aromatic rings. The van der Waals surface area contributed by atoms with Gasteiger partial charge in [-0.1, -0.05) is 15.9 Å². The zero-order valence-electron chi connectivity index (χ0n) is 8.30. The van der Waals surface area contributed by atoms with Crippen LogP contribution in [-0.2, 0) is 4.79 Å². The first-order valence-corrected chi connectivity index (χ1v) is 5.74. The number of rotatable bonds is 3. The van der Waals surface area contributed by atoms with Crippen molar-refractivity contribution in [2.75, 3.05) is 10.6 Å². The summed E-state index contributed by atoms with van der Waals surface area (Å²) in [5.74, 6) is -0.0787. The molecule has 0 aliphatic heterocycles. The van der Waals surface area contributed by atoms with Gasteiger partial charge in [0.05, 0.1) is 23.4 Å². The Hall–Kier alpha value is -1.69. The van der Waals surface area contributed by atoms with Gasteiger partial charge in [0.25, 0.3) is 0 Å². The normalized spacial score (nSPS) is 10.1. The zero-order valence-corrected chi connectivity index (χ0v) is 9.89. The molecule has 0 aliphatic carbocycles. The summed E-state index contributed by atoms with van der Waals surface area (Å²) in [6.07, 6.45) is 3.22. The smallest absolute Gasteiger partial charge is 0.235 e. The van der Waals surface area contributed by atoms with Crippen molar-refractivity contribution in [3.05, 3.63) is 36.7 Å². The van der Waals surface area contributed by atoms with Crippen LogP contribution >= 0.6 is 15.9 Å². The van der Waals surface area contributed by atoms with Crippen LogP contribution < -0.4 is 5.32 Å². The Morgan fingerprint density at radius 2 is 1.88 bits per heavy atom. The summed E-state index contributed by atoms with van der Waals surface area (Å²) < 4.78 is 0. The number of hydrogen-bond donors (Lipinski definition) is 1. The lowest BCUT2D eigenvalue weighted by molar-refractivity contribution is -0.113. The Balaban J connectivity index is 2.14. The first-order valence-electron chi connectivity index (χ1n) is 4.62. The monoisotopic (exact) mass is 280 g/mol. The molecule has 0 aliphatic rings. The second kappa shape index (κ2) is 4.89. The van der Waals surface area contributed by atoms with Crippen LogP contribution in [0.25, 0.3) is 5.69 Å². The van der Waals surface area contributed by atoms with E-state index in [1.54, 1.807) is 24.5 Å². The molecule has 5 nitrogen and oxygen atoms in total. The molecular weight excluding hydrogens is 272 g/mol. The van der Waals surface area contributed by atoms with E-state index in [0.29, 0.717) is 0 Å². The highest BCUT2D eigenvalue weighted by Crippen LogP contribution is 2.11. The first kappa shape index (κ1) is 10.8. The van der Waals surface area contributed by atoms with E-state index < -0.39 is 0 Å². The molecule has 0 fully saturated rings. The molecule has 0 spiro atoms. The lowest BCUT2D eigenvalue weighted by Gasteiger charge is -2.04. The molecule has 0 bridgehead atoms. The third kappa shape index (κ3) is 2.46. The number of aromatic nitrogens is 3. The van der Waals surface area contributed by atoms with Crippen molar-refractivity contribution >= 4 is 27.5 Å². The third-order valence-electron chi connectivity index (χ3n) is 1.92. The third-order valence-corrected chi connectivity index (χ3v) is 2.43. The number of anilines is 1. The number of amides is 1. The molecule has 1 aromatic heterocycles. The number of carbonyl (C=O) groups is 1. The van der Waals surface area contributed by atoms with Crippen molar-refractivity contribution in [3.8, 4) is 5.69 Å². The maximum absolute atomic E-state index is 11.1. The Labute approximate surface area is 101 Å². The number of nitrogens with one attached hydrogen (secondary N) is 1. The van der Waals surface area contributed by atoms with E-state index in [1.165, 1.54) is 4.80 Å². The molecule has 0 saturated carbocycles. The number of benzene rings is 1. The fourth-order valence-corrected chi connectivity index (χ4v) is 1.36. The standard InChI is InChI=1S/C10H9BrN4O/c11-7-10(16)14-8-1-3-9(4-2-8)15-12-5-6-13-15/h1-6H,7H2,(H,14,16). The van der Waals surface area contributed by atoms with E-state index in [9.17, 15) is 4.79 Å². The zero-order chi connectivity index (χ0) is 11.4. The van der Waals surface area contributed by atoms with Gasteiger partial charge in [0.15, 0.2) is 0 Å². The van der Waals surface area contributed by atoms with Gasteiger partial charge in [0.1, 0.15) is 0 Å². The van der Waals surface area contributed by atoms with Gasteiger partial charge in [0.2, 0.25) is 5.91 Å². The Morgan fingerprint density at radius 3 is 2.44 bits per heavy atom. The lowest BCUT2D eigenvalue weighted by atomic mass is 10.3. The molecular formula is C10H9BrN4O. The molecule has 82 valence electrons. The molecule has 1 aromatic carbocycles. The van der Waals surface area contributed by atoms with Crippen molar-refractivity contribution in [2.24, 2.45) is 0 Å². The van der Waals surface area contributed by atoms with E-state index in [-0.39, 0.29) is 11.2 Å². The topological polar surface area (TPSA) is 59.8 Å². The molecule has 0 radical (unpaired) electrons. The second-order valence-corrected chi connectivity index (χ2v) is 3.61. The molecule has 6 heteroatoms. The van der Waals surface area contributed by atoms with Crippen LogP contribution in [0.2, 0.25) is 0 Å². The van der Waals surface area contributed by atoms with E-state index in [4.69, 9.17) is 0 Å². The maximum Gasteiger partial charge on any atom is 0.235 e. The van der Waals surface area contributed by atoms with Gasteiger partial charge >= 0.3 is 0 Å². The highest BCUT2D eigenvalue weighted by atomic mass is 79.9. The summed E-state index contributed by atoms with van der Waals surface area (Å²) in [7, 11) is 0. The van der Waals surface area contributed by atoms with Gasteiger partial charge in [-0.25, -0.2) is 0 Å². The Morgan fingerprint density at radius 1 is 1.25 bits per heavy atom. The molecule has 1 N–H and O–H groups in total. The van der Waals surface area contributed by atoms with Crippen LogP contribution in [0.3, 0.4) is 0 Å².